The van der Waals surface area contributed by atoms with Gasteiger partial charge in [0.05, 0.1) is 12.1 Å². The van der Waals surface area contributed by atoms with E-state index in [4.69, 9.17) is 4.52 Å². The van der Waals surface area contributed by atoms with Crippen LogP contribution in [0.25, 0.3) is 0 Å². The predicted molar refractivity (Wildman–Crippen MR) is 70.5 cm³/mol. The van der Waals surface area contributed by atoms with Crippen molar-refractivity contribution >= 4 is 5.91 Å². The molecular weight excluding hydrogens is 230 g/mol. The first kappa shape index (κ1) is 14.7. The summed E-state index contributed by atoms with van der Waals surface area (Å²) in [6.45, 7) is 9.46. The molecule has 0 atom stereocenters. The third kappa shape index (κ3) is 4.14. The maximum atomic E-state index is 11.8. The molecule has 1 amide bonds. The molecule has 1 aromatic heterocycles. The van der Waals surface area contributed by atoms with Crippen LogP contribution in [0.1, 0.15) is 30.9 Å². The number of hydrogen-bond donors (Lipinski definition) is 1. The van der Waals surface area contributed by atoms with Gasteiger partial charge in [0.1, 0.15) is 5.76 Å². The van der Waals surface area contributed by atoms with Gasteiger partial charge in [-0.3, -0.25) is 4.79 Å². The zero-order valence-electron chi connectivity index (χ0n) is 11.9. The summed E-state index contributed by atoms with van der Waals surface area (Å²) in [6, 6.07) is 0.490. The summed E-state index contributed by atoms with van der Waals surface area (Å²) in [5.41, 5.74) is 1.69. The van der Waals surface area contributed by atoms with Gasteiger partial charge in [0.25, 0.3) is 0 Å². The van der Waals surface area contributed by atoms with E-state index in [1.165, 1.54) is 0 Å². The molecule has 0 bridgehead atoms. The molecule has 0 saturated heterocycles. The van der Waals surface area contributed by atoms with E-state index < -0.39 is 0 Å². The summed E-state index contributed by atoms with van der Waals surface area (Å²) in [5.74, 6) is 0.739. The first-order valence-corrected chi connectivity index (χ1v) is 6.30. The van der Waals surface area contributed by atoms with Crippen molar-refractivity contribution in [2.75, 3.05) is 20.1 Å². The smallest absolute Gasteiger partial charge is 0.224 e. The molecule has 102 valence electrons. The molecule has 0 spiro atoms. The van der Waals surface area contributed by atoms with Gasteiger partial charge < -0.3 is 14.7 Å². The molecule has 1 heterocycles. The summed E-state index contributed by atoms with van der Waals surface area (Å²) < 4.78 is 5.03. The SMILES string of the molecule is Cc1noc(C)c1CC(=O)NCCN(C)C(C)C. The summed E-state index contributed by atoms with van der Waals surface area (Å²) >= 11 is 0. The molecule has 0 aliphatic heterocycles. The molecule has 1 aromatic rings. The Hall–Kier alpha value is -1.36. The normalized spacial score (nSPS) is 11.3. The van der Waals surface area contributed by atoms with Crippen LogP contribution < -0.4 is 5.32 Å². The number of likely N-dealkylation sites (N-methyl/N-ethyl adjacent to an activating group) is 1. The fourth-order valence-corrected chi connectivity index (χ4v) is 1.61. The Balaban J connectivity index is 2.35. The lowest BCUT2D eigenvalue weighted by molar-refractivity contribution is -0.120. The third-order valence-corrected chi connectivity index (χ3v) is 3.19. The van der Waals surface area contributed by atoms with Crippen LogP contribution in [-0.4, -0.2) is 42.1 Å². The molecule has 0 aromatic carbocycles. The second kappa shape index (κ2) is 6.54. The Morgan fingerprint density at radius 3 is 2.61 bits per heavy atom. The minimum absolute atomic E-state index is 0.0153. The van der Waals surface area contributed by atoms with Crippen LogP contribution in [0.2, 0.25) is 0 Å². The standard InChI is InChI=1S/C13H23N3O2/c1-9(2)16(5)7-6-14-13(17)8-12-10(3)15-18-11(12)4/h9H,6-8H2,1-5H3,(H,14,17). The van der Waals surface area contributed by atoms with Crippen molar-refractivity contribution in [3.63, 3.8) is 0 Å². The van der Waals surface area contributed by atoms with E-state index in [9.17, 15) is 4.79 Å². The number of aromatic nitrogens is 1. The number of nitrogens with one attached hydrogen (secondary N) is 1. The van der Waals surface area contributed by atoms with E-state index in [1.807, 2.05) is 20.9 Å². The molecule has 5 nitrogen and oxygen atoms in total. The molecule has 0 radical (unpaired) electrons. The van der Waals surface area contributed by atoms with Crippen LogP contribution in [0, 0.1) is 13.8 Å². The van der Waals surface area contributed by atoms with E-state index in [0.29, 0.717) is 19.0 Å². The highest BCUT2D eigenvalue weighted by Crippen LogP contribution is 2.12. The van der Waals surface area contributed by atoms with Crippen molar-refractivity contribution in [1.82, 2.24) is 15.4 Å². The van der Waals surface area contributed by atoms with Crippen LogP contribution in [0.5, 0.6) is 0 Å². The zero-order chi connectivity index (χ0) is 13.7. The topological polar surface area (TPSA) is 58.4 Å². The average Bonchev–Trinajstić information content (AvgIpc) is 2.60. The fraction of sp³-hybridized carbons (Fsp3) is 0.692. The van der Waals surface area contributed by atoms with Gasteiger partial charge in [-0.15, -0.1) is 0 Å². The molecule has 0 saturated carbocycles. The number of amides is 1. The monoisotopic (exact) mass is 253 g/mol. The van der Waals surface area contributed by atoms with Crippen molar-refractivity contribution in [2.24, 2.45) is 0 Å². The molecule has 18 heavy (non-hydrogen) atoms. The van der Waals surface area contributed by atoms with Gasteiger partial charge in [0, 0.05) is 24.7 Å². The van der Waals surface area contributed by atoms with E-state index in [1.54, 1.807) is 0 Å². The van der Waals surface area contributed by atoms with Crippen LogP contribution in [-0.2, 0) is 11.2 Å². The van der Waals surface area contributed by atoms with Crippen molar-refractivity contribution in [3.8, 4) is 0 Å². The summed E-state index contributed by atoms with van der Waals surface area (Å²) in [5, 5.41) is 6.75. The maximum Gasteiger partial charge on any atom is 0.224 e. The van der Waals surface area contributed by atoms with Gasteiger partial charge in [0.15, 0.2) is 0 Å². The largest absolute Gasteiger partial charge is 0.361 e. The van der Waals surface area contributed by atoms with Crippen molar-refractivity contribution in [2.45, 2.75) is 40.2 Å². The van der Waals surface area contributed by atoms with Gasteiger partial charge in [-0.2, -0.15) is 0 Å². The number of hydrogen-bond acceptors (Lipinski definition) is 4. The minimum atomic E-state index is 0.0153. The van der Waals surface area contributed by atoms with Gasteiger partial charge >= 0.3 is 0 Å². The Morgan fingerprint density at radius 1 is 1.44 bits per heavy atom. The number of carbonyl (C=O) groups excluding carboxylic acids is 1. The van der Waals surface area contributed by atoms with Crippen LogP contribution in [0.4, 0.5) is 0 Å². The summed E-state index contributed by atoms with van der Waals surface area (Å²) in [4.78, 5) is 14.0. The molecule has 0 fully saturated rings. The van der Waals surface area contributed by atoms with Crippen LogP contribution in [0.15, 0.2) is 4.52 Å². The van der Waals surface area contributed by atoms with E-state index in [2.05, 4.69) is 29.2 Å². The lowest BCUT2D eigenvalue weighted by atomic mass is 10.1. The maximum absolute atomic E-state index is 11.8. The number of carbonyl (C=O) groups is 1. The lowest BCUT2D eigenvalue weighted by Gasteiger charge is -2.20. The van der Waals surface area contributed by atoms with E-state index >= 15 is 0 Å². The predicted octanol–water partition coefficient (Wildman–Crippen LogP) is 1.29. The third-order valence-electron chi connectivity index (χ3n) is 3.19. The molecule has 1 N–H and O–H groups in total. The highest BCUT2D eigenvalue weighted by Gasteiger charge is 2.13. The van der Waals surface area contributed by atoms with Crippen LogP contribution in [0.3, 0.4) is 0 Å². The highest BCUT2D eigenvalue weighted by atomic mass is 16.5. The van der Waals surface area contributed by atoms with Crippen molar-refractivity contribution in [3.05, 3.63) is 17.0 Å². The summed E-state index contributed by atoms with van der Waals surface area (Å²) in [7, 11) is 2.05. The second-order valence-corrected chi connectivity index (χ2v) is 4.90. The molecule has 5 heteroatoms. The molecular formula is C13H23N3O2. The minimum Gasteiger partial charge on any atom is -0.361 e. The van der Waals surface area contributed by atoms with E-state index in [-0.39, 0.29) is 5.91 Å². The molecule has 0 aliphatic rings. The van der Waals surface area contributed by atoms with Crippen LogP contribution >= 0.6 is 0 Å². The van der Waals surface area contributed by atoms with Gasteiger partial charge in [-0.1, -0.05) is 5.16 Å². The quantitative estimate of drug-likeness (QED) is 0.830. The first-order valence-electron chi connectivity index (χ1n) is 6.30. The first-order chi connectivity index (χ1) is 8.41. The number of aryl methyl sites for hydroxylation is 2. The van der Waals surface area contributed by atoms with Gasteiger partial charge in [0.2, 0.25) is 5.91 Å². The zero-order valence-corrected chi connectivity index (χ0v) is 11.9. The average molecular weight is 253 g/mol. The van der Waals surface area contributed by atoms with E-state index in [0.717, 1.165) is 23.6 Å². The second-order valence-electron chi connectivity index (χ2n) is 4.90. The van der Waals surface area contributed by atoms with Gasteiger partial charge in [-0.05, 0) is 34.7 Å². The van der Waals surface area contributed by atoms with Crippen molar-refractivity contribution in [1.29, 1.82) is 0 Å². The van der Waals surface area contributed by atoms with Crippen molar-refractivity contribution < 1.29 is 9.32 Å². The Bertz CT molecular complexity index is 379. The fourth-order valence-electron chi connectivity index (χ4n) is 1.61. The molecule has 0 aliphatic carbocycles. The Labute approximate surface area is 109 Å². The number of nitrogens with zero attached hydrogens (tertiary/aromatic N) is 2. The van der Waals surface area contributed by atoms with Gasteiger partial charge in [-0.25, -0.2) is 0 Å². The number of rotatable bonds is 6. The molecule has 0 unspecified atom stereocenters. The Kier molecular flexibility index (Phi) is 5.34. The Morgan fingerprint density at radius 2 is 2.11 bits per heavy atom. The summed E-state index contributed by atoms with van der Waals surface area (Å²) in [6.07, 6.45) is 0.340. The molecule has 1 rings (SSSR count). The highest BCUT2D eigenvalue weighted by molar-refractivity contribution is 5.78. The lowest BCUT2D eigenvalue weighted by Crippen LogP contribution is -2.36.